The molecule has 1 aliphatic heterocycles. The van der Waals surface area contributed by atoms with Gasteiger partial charge in [-0.05, 0) is 45.0 Å². The summed E-state index contributed by atoms with van der Waals surface area (Å²) in [5, 5.41) is 11.9. The van der Waals surface area contributed by atoms with Gasteiger partial charge in [-0.1, -0.05) is 0 Å². The number of ether oxygens (including phenoxy) is 1. The molecule has 1 saturated heterocycles. The molecule has 1 fully saturated rings. The van der Waals surface area contributed by atoms with Crippen molar-refractivity contribution < 1.29 is 19.4 Å². The molecule has 0 unspecified atom stereocenters. The monoisotopic (exact) mass is 335 g/mol. The van der Waals surface area contributed by atoms with Crippen LogP contribution >= 0.6 is 0 Å². The van der Waals surface area contributed by atoms with Gasteiger partial charge >= 0.3 is 6.03 Å². The Bertz CT molecular complexity index is 586. The van der Waals surface area contributed by atoms with E-state index in [9.17, 15) is 14.7 Å². The van der Waals surface area contributed by atoms with E-state index >= 15 is 0 Å². The number of urea groups is 1. The summed E-state index contributed by atoms with van der Waals surface area (Å²) in [7, 11) is 0. The Kier molecular flexibility index (Phi) is 5.66. The van der Waals surface area contributed by atoms with E-state index < -0.39 is 5.54 Å². The van der Waals surface area contributed by atoms with Crippen LogP contribution in [0.4, 0.5) is 10.5 Å². The number of hydrogen-bond donors (Lipinski definition) is 2. The lowest BCUT2D eigenvalue weighted by Crippen LogP contribution is -2.50. The molecule has 1 aliphatic rings. The Balaban J connectivity index is 1.95. The molecule has 0 saturated carbocycles. The molecule has 24 heavy (non-hydrogen) atoms. The van der Waals surface area contributed by atoms with Crippen molar-refractivity contribution in [3.8, 4) is 5.75 Å². The fourth-order valence-electron chi connectivity index (χ4n) is 2.49. The average Bonchev–Trinajstić information content (AvgIpc) is 2.89. The Hall–Kier alpha value is -2.28. The van der Waals surface area contributed by atoms with Crippen LogP contribution in [0.3, 0.4) is 0 Å². The molecule has 0 aliphatic carbocycles. The summed E-state index contributed by atoms with van der Waals surface area (Å²) < 4.78 is 5.39. The first-order valence-electron chi connectivity index (χ1n) is 8.07. The number of nitrogens with one attached hydrogen (secondary N) is 1. The zero-order valence-corrected chi connectivity index (χ0v) is 14.4. The predicted molar refractivity (Wildman–Crippen MR) is 91.2 cm³/mol. The molecule has 7 heteroatoms. The number of rotatable bonds is 7. The third kappa shape index (κ3) is 4.38. The van der Waals surface area contributed by atoms with Gasteiger partial charge in [0.1, 0.15) is 12.3 Å². The number of anilines is 1. The number of aliphatic hydroxyl groups is 1. The summed E-state index contributed by atoms with van der Waals surface area (Å²) >= 11 is 0. The van der Waals surface area contributed by atoms with E-state index in [1.807, 2.05) is 31.2 Å². The lowest BCUT2D eigenvalue weighted by Gasteiger charge is -2.25. The summed E-state index contributed by atoms with van der Waals surface area (Å²) in [6.07, 6.45) is 0. The molecule has 0 aromatic heterocycles. The number of amides is 3. The maximum Gasteiger partial charge on any atom is 0.325 e. The van der Waals surface area contributed by atoms with Crippen molar-refractivity contribution in [2.75, 3.05) is 37.7 Å². The van der Waals surface area contributed by atoms with Crippen LogP contribution in [0.15, 0.2) is 24.3 Å². The molecule has 0 spiro atoms. The minimum absolute atomic E-state index is 0.0181. The van der Waals surface area contributed by atoms with Crippen LogP contribution in [-0.4, -0.2) is 60.3 Å². The second-order valence-corrected chi connectivity index (χ2v) is 6.37. The molecule has 2 rings (SSSR count). The first-order chi connectivity index (χ1) is 11.4. The van der Waals surface area contributed by atoms with Gasteiger partial charge in [-0.25, -0.2) is 4.79 Å². The van der Waals surface area contributed by atoms with Gasteiger partial charge in [-0.15, -0.1) is 0 Å². The standard InChI is InChI=1S/C17H25N3O4/c1-4-24-14-7-5-13(6-8-14)20-10-9-19(16(20)23)11-15(22)18-17(2,3)12-21/h5-8,21H,4,9-12H2,1-3H3,(H,18,22). The molecule has 1 aromatic rings. The molecule has 132 valence electrons. The normalized spacial score (nSPS) is 14.9. The molecule has 2 N–H and O–H groups in total. The van der Waals surface area contributed by atoms with Crippen LogP contribution in [0.5, 0.6) is 5.75 Å². The van der Waals surface area contributed by atoms with Crippen LogP contribution in [0.2, 0.25) is 0 Å². The summed E-state index contributed by atoms with van der Waals surface area (Å²) in [6.45, 7) is 6.79. The van der Waals surface area contributed by atoms with E-state index in [0.717, 1.165) is 11.4 Å². The maximum absolute atomic E-state index is 12.5. The molecular formula is C17H25N3O4. The highest BCUT2D eigenvalue weighted by atomic mass is 16.5. The van der Waals surface area contributed by atoms with Crippen LogP contribution in [-0.2, 0) is 4.79 Å². The highest BCUT2D eigenvalue weighted by molar-refractivity contribution is 5.96. The zero-order valence-electron chi connectivity index (χ0n) is 14.4. The summed E-state index contributed by atoms with van der Waals surface area (Å²) in [6, 6.07) is 7.12. The van der Waals surface area contributed by atoms with Crippen molar-refractivity contribution in [1.82, 2.24) is 10.2 Å². The quantitative estimate of drug-likeness (QED) is 0.785. The fraction of sp³-hybridized carbons (Fsp3) is 0.529. The first-order valence-corrected chi connectivity index (χ1v) is 8.07. The van der Waals surface area contributed by atoms with Gasteiger partial charge in [0.05, 0.1) is 18.8 Å². The van der Waals surface area contributed by atoms with E-state index in [-0.39, 0.29) is 25.1 Å². The summed E-state index contributed by atoms with van der Waals surface area (Å²) in [5.41, 5.74) is 0.0799. The molecular weight excluding hydrogens is 310 g/mol. The maximum atomic E-state index is 12.5. The minimum atomic E-state index is -0.700. The second kappa shape index (κ2) is 7.53. The van der Waals surface area contributed by atoms with Gasteiger partial charge in [0.15, 0.2) is 0 Å². The highest BCUT2D eigenvalue weighted by Gasteiger charge is 2.31. The van der Waals surface area contributed by atoms with E-state index in [4.69, 9.17) is 4.74 Å². The SMILES string of the molecule is CCOc1ccc(N2CCN(CC(=O)NC(C)(C)CO)C2=O)cc1. The number of hydrogen-bond acceptors (Lipinski definition) is 4. The topological polar surface area (TPSA) is 82.1 Å². The molecule has 1 aromatic carbocycles. The smallest absolute Gasteiger partial charge is 0.325 e. The van der Waals surface area contributed by atoms with Crippen molar-refractivity contribution in [3.05, 3.63) is 24.3 Å². The fourth-order valence-corrected chi connectivity index (χ4v) is 2.49. The van der Waals surface area contributed by atoms with E-state index in [2.05, 4.69) is 5.32 Å². The largest absolute Gasteiger partial charge is 0.494 e. The van der Waals surface area contributed by atoms with Crippen LogP contribution < -0.4 is 15.0 Å². The van der Waals surface area contributed by atoms with Gasteiger partial charge in [-0.3, -0.25) is 9.69 Å². The number of carbonyl (C=O) groups excluding carboxylic acids is 2. The Morgan fingerprint density at radius 2 is 1.96 bits per heavy atom. The van der Waals surface area contributed by atoms with Crippen molar-refractivity contribution >= 4 is 17.6 Å². The molecule has 3 amide bonds. The van der Waals surface area contributed by atoms with Crippen LogP contribution in [0, 0.1) is 0 Å². The molecule has 0 radical (unpaired) electrons. The number of benzene rings is 1. The lowest BCUT2D eigenvalue weighted by atomic mass is 10.1. The van der Waals surface area contributed by atoms with Crippen LogP contribution in [0.25, 0.3) is 0 Å². The van der Waals surface area contributed by atoms with E-state index in [1.165, 1.54) is 4.90 Å². The van der Waals surface area contributed by atoms with Crippen LogP contribution in [0.1, 0.15) is 20.8 Å². The summed E-state index contributed by atoms with van der Waals surface area (Å²) in [5.74, 6) is 0.478. The molecule has 0 bridgehead atoms. The van der Waals surface area contributed by atoms with Crippen molar-refractivity contribution in [3.63, 3.8) is 0 Å². The van der Waals surface area contributed by atoms with Gasteiger partial charge in [0.2, 0.25) is 5.91 Å². The minimum Gasteiger partial charge on any atom is -0.494 e. The third-order valence-electron chi connectivity index (χ3n) is 3.76. The number of nitrogens with zero attached hydrogens (tertiary/aromatic N) is 2. The molecule has 7 nitrogen and oxygen atoms in total. The molecule has 0 atom stereocenters. The molecule has 1 heterocycles. The van der Waals surface area contributed by atoms with Gasteiger partial charge in [-0.2, -0.15) is 0 Å². The average molecular weight is 335 g/mol. The first kappa shape index (κ1) is 18.1. The van der Waals surface area contributed by atoms with Crippen molar-refractivity contribution in [1.29, 1.82) is 0 Å². The van der Waals surface area contributed by atoms with E-state index in [0.29, 0.717) is 19.7 Å². The number of aliphatic hydroxyl groups excluding tert-OH is 1. The lowest BCUT2D eigenvalue weighted by molar-refractivity contribution is -0.123. The Labute approximate surface area is 142 Å². The van der Waals surface area contributed by atoms with Crippen molar-refractivity contribution in [2.24, 2.45) is 0 Å². The third-order valence-corrected chi connectivity index (χ3v) is 3.76. The Morgan fingerprint density at radius 3 is 2.54 bits per heavy atom. The van der Waals surface area contributed by atoms with Gasteiger partial charge in [0, 0.05) is 18.8 Å². The predicted octanol–water partition coefficient (Wildman–Crippen LogP) is 1.21. The van der Waals surface area contributed by atoms with Gasteiger partial charge < -0.3 is 20.1 Å². The number of carbonyl (C=O) groups is 2. The second-order valence-electron chi connectivity index (χ2n) is 6.37. The Morgan fingerprint density at radius 1 is 1.29 bits per heavy atom. The zero-order chi connectivity index (χ0) is 17.7. The van der Waals surface area contributed by atoms with Gasteiger partial charge in [0.25, 0.3) is 0 Å². The van der Waals surface area contributed by atoms with Crippen molar-refractivity contribution in [2.45, 2.75) is 26.3 Å². The van der Waals surface area contributed by atoms with E-state index in [1.54, 1.807) is 18.7 Å². The highest BCUT2D eigenvalue weighted by Crippen LogP contribution is 2.23. The summed E-state index contributed by atoms with van der Waals surface area (Å²) in [4.78, 5) is 27.6.